The van der Waals surface area contributed by atoms with Gasteiger partial charge in [0.1, 0.15) is 0 Å². The van der Waals surface area contributed by atoms with Gasteiger partial charge in [0.25, 0.3) is 10.0 Å². The van der Waals surface area contributed by atoms with Crippen LogP contribution in [0.2, 0.25) is 4.47 Å². The first kappa shape index (κ1) is 15.6. The lowest BCUT2D eigenvalue weighted by atomic mass is 10.2. The van der Waals surface area contributed by atoms with Crippen LogP contribution in [0.4, 0.5) is 0 Å². The van der Waals surface area contributed by atoms with E-state index < -0.39 is 10.0 Å². The minimum Gasteiger partial charge on any atom is -0.377 e. The highest BCUT2D eigenvalue weighted by atomic mass is 35.5. The molecule has 0 saturated carbocycles. The van der Waals surface area contributed by atoms with Gasteiger partial charge in [-0.3, -0.25) is 4.90 Å². The van der Waals surface area contributed by atoms with Gasteiger partial charge in [-0.05, 0) is 12.8 Å². The van der Waals surface area contributed by atoms with Crippen molar-refractivity contribution in [2.75, 3.05) is 39.3 Å². The van der Waals surface area contributed by atoms with Crippen molar-refractivity contribution in [3.8, 4) is 0 Å². The Bertz CT molecular complexity index is 578. The monoisotopic (exact) mass is 351 g/mol. The average molecular weight is 352 g/mol. The van der Waals surface area contributed by atoms with Crippen LogP contribution < -0.4 is 0 Å². The predicted molar refractivity (Wildman–Crippen MR) is 81.3 cm³/mol. The van der Waals surface area contributed by atoms with E-state index >= 15 is 0 Å². The molecule has 0 bridgehead atoms. The molecule has 9 heteroatoms. The third kappa shape index (κ3) is 3.57. The van der Waals surface area contributed by atoms with E-state index in [2.05, 4.69) is 9.88 Å². The van der Waals surface area contributed by atoms with Crippen molar-refractivity contribution in [3.05, 3.63) is 10.7 Å². The van der Waals surface area contributed by atoms with Gasteiger partial charge in [0.15, 0.2) is 8.68 Å². The highest BCUT2D eigenvalue weighted by Crippen LogP contribution is 2.26. The molecule has 0 radical (unpaired) electrons. The van der Waals surface area contributed by atoms with Crippen molar-refractivity contribution < 1.29 is 13.2 Å². The number of rotatable bonds is 4. The molecule has 1 unspecified atom stereocenters. The van der Waals surface area contributed by atoms with Gasteiger partial charge in [-0.1, -0.05) is 22.9 Å². The zero-order chi connectivity index (χ0) is 14.9. The Morgan fingerprint density at radius 2 is 2.14 bits per heavy atom. The van der Waals surface area contributed by atoms with Crippen LogP contribution in [0.1, 0.15) is 12.8 Å². The molecule has 3 rings (SSSR count). The summed E-state index contributed by atoms with van der Waals surface area (Å²) < 4.78 is 32.5. The smallest absolute Gasteiger partial charge is 0.254 e. The molecule has 6 nitrogen and oxygen atoms in total. The van der Waals surface area contributed by atoms with E-state index in [0.29, 0.717) is 19.2 Å². The van der Waals surface area contributed by atoms with E-state index in [1.165, 1.54) is 10.5 Å². The van der Waals surface area contributed by atoms with Crippen LogP contribution in [0.25, 0.3) is 0 Å². The van der Waals surface area contributed by atoms with E-state index in [0.717, 1.165) is 50.4 Å². The molecular weight excluding hydrogens is 334 g/mol. The molecule has 1 aromatic rings. The number of aromatic nitrogens is 1. The average Bonchev–Trinajstić information content (AvgIpc) is 3.11. The third-order valence-electron chi connectivity index (χ3n) is 3.87. The van der Waals surface area contributed by atoms with Gasteiger partial charge in [-0.25, -0.2) is 13.4 Å². The highest BCUT2D eigenvalue weighted by Gasteiger charge is 2.31. The number of hydrogen-bond donors (Lipinski definition) is 0. The Labute approximate surface area is 133 Å². The van der Waals surface area contributed by atoms with Crippen molar-refractivity contribution in [1.82, 2.24) is 14.2 Å². The topological polar surface area (TPSA) is 62.7 Å². The minimum absolute atomic E-state index is 0.222. The van der Waals surface area contributed by atoms with Crippen LogP contribution >= 0.6 is 22.9 Å². The normalized spacial score (nSPS) is 25.5. The van der Waals surface area contributed by atoms with Gasteiger partial charge >= 0.3 is 0 Å². The fourth-order valence-electron chi connectivity index (χ4n) is 2.71. The summed E-state index contributed by atoms with van der Waals surface area (Å²) in [4.78, 5) is 6.09. The van der Waals surface area contributed by atoms with Gasteiger partial charge < -0.3 is 4.74 Å². The van der Waals surface area contributed by atoms with Crippen molar-refractivity contribution in [2.24, 2.45) is 0 Å². The number of hydrogen-bond acceptors (Lipinski definition) is 6. The SMILES string of the molecule is O=S(=O)(c1cnc(Cl)s1)N1CCN(CC2CCCO2)CC1. The van der Waals surface area contributed by atoms with Crippen molar-refractivity contribution in [3.63, 3.8) is 0 Å². The number of sulfonamides is 1. The summed E-state index contributed by atoms with van der Waals surface area (Å²) in [5.74, 6) is 0. The molecule has 0 spiro atoms. The van der Waals surface area contributed by atoms with Gasteiger partial charge in [0.05, 0.1) is 12.3 Å². The van der Waals surface area contributed by atoms with Crippen molar-refractivity contribution in [1.29, 1.82) is 0 Å². The van der Waals surface area contributed by atoms with Crippen LogP contribution in [-0.4, -0.2) is 68.0 Å². The molecule has 118 valence electrons. The minimum atomic E-state index is -3.44. The zero-order valence-corrected chi connectivity index (χ0v) is 14.0. The van der Waals surface area contributed by atoms with Crippen LogP contribution in [-0.2, 0) is 14.8 Å². The second-order valence-electron chi connectivity index (χ2n) is 5.27. The summed E-state index contributed by atoms with van der Waals surface area (Å²) in [7, 11) is -3.44. The first-order chi connectivity index (χ1) is 10.1. The number of nitrogens with zero attached hydrogens (tertiary/aromatic N) is 3. The number of piperazine rings is 1. The Kier molecular flexibility index (Phi) is 4.82. The van der Waals surface area contributed by atoms with Crippen LogP contribution in [0.15, 0.2) is 10.4 Å². The molecule has 2 saturated heterocycles. The maximum atomic E-state index is 12.4. The van der Waals surface area contributed by atoms with E-state index in [4.69, 9.17) is 16.3 Å². The molecule has 2 aliphatic rings. The summed E-state index contributed by atoms with van der Waals surface area (Å²) in [6.07, 6.45) is 3.89. The van der Waals surface area contributed by atoms with Gasteiger partial charge in [-0.15, -0.1) is 0 Å². The second kappa shape index (κ2) is 6.47. The third-order valence-corrected chi connectivity index (χ3v) is 7.32. The van der Waals surface area contributed by atoms with Gasteiger partial charge in [0.2, 0.25) is 0 Å². The van der Waals surface area contributed by atoms with Crippen LogP contribution in [0, 0.1) is 0 Å². The van der Waals surface area contributed by atoms with Crippen LogP contribution in [0.5, 0.6) is 0 Å². The standard InChI is InChI=1S/C12H18ClN3O3S2/c13-12-14-8-11(20-12)21(17,18)16-5-3-15(4-6-16)9-10-2-1-7-19-10/h8,10H,1-7,9H2. The molecule has 3 heterocycles. The molecule has 1 aromatic heterocycles. The summed E-state index contributed by atoms with van der Waals surface area (Å²) >= 11 is 6.73. The molecule has 2 fully saturated rings. The molecule has 21 heavy (non-hydrogen) atoms. The first-order valence-electron chi connectivity index (χ1n) is 7.01. The quantitative estimate of drug-likeness (QED) is 0.817. The molecule has 0 aliphatic carbocycles. The molecule has 2 aliphatic heterocycles. The number of ether oxygens (including phenoxy) is 1. The lowest BCUT2D eigenvalue weighted by Gasteiger charge is -2.34. The van der Waals surface area contributed by atoms with Gasteiger partial charge in [-0.2, -0.15) is 4.31 Å². The summed E-state index contributed by atoms with van der Waals surface area (Å²) in [5, 5.41) is 0. The zero-order valence-electron chi connectivity index (χ0n) is 11.6. The Balaban J connectivity index is 1.57. The Morgan fingerprint density at radius 1 is 1.38 bits per heavy atom. The van der Waals surface area contributed by atoms with Crippen molar-refractivity contribution in [2.45, 2.75) is 23.2 Å². The molecule has 0 aromatic carbocycles. The van der Waals surface area contributed by atoms with E-state index in [9.17, 15) is 8.42 Å². The van der Waals surface area contributed by atoms with E-state index in [-0.39, 0.29) is 8.68 Å². The Morgan fingerprint density at radius 3 is 2.71 bits per heavy atom. The van der Waals surface area contributed by atoms with E-state index in [1.54, 1.807) is 0 Å². The summed E-state index contributed by atoms with van der Waals surface area (Å²) in [5.41, 5.74) is 0. The molecule has 0 N–H and O–H groups in total. The number of halogens is 1. The second-order valence-corrected chi connectivity index (χ2v) is 9.05. The van der Waals surface area contributed by atoms with Crippen molar-refractivity contribution >= 4 is 33.0 Å². The summed E-state index contributed by atoms with van der Waals surface area (Å²) in [6, 6.07) is 0. The van der Waals surface area contributed by atoms with Gasteiger partial charge in [0, 0.05) is 39.3 Å². The Hall–Kier alpha value is -0.250. The fourth-order valence-corrected chi connectivity index (χ4v) is 5.59. The molecule has 1 atom stereocenters. The fraction of sp³-hybridized carbons (Fsp3) is 0.750. The van der Waals surface area contributed by atoms with Crippen LogP contribution in [0.3, 0.4) is 0 Å². The molecule has 0 amide bonds. The maximum Gasteiger partial charge on any atom is 0.254 e. The van der Waals surface area contributed by atoms with E-state index in [1.807, 2.05) is 0 Å². The lowest BCUT2D eigenvalue weighted by molar-refractivity contribution is 0.0617. The highest BCUT2D eigenvalue weighted by molar-refractivity contribution is 7.91. The lowest BCUT2D eigenvalue weighted by Crippen LogP contribution is -2.50. The molecular formula is C12H18ClN3O3S2. The maximum absolute atomic E-state index is 12.4. The number of thiazole rings is 1. The summed E-state index contributed by atoms with van der Waals surface area (Å²) in [6.45, 7) is 4.25. The predicted octanol–water partition coefficient (Wildman–Crippen LogP) is 1.28. The first-order valence-corrected chi connectivity index (χ1v) is 9.64. The largest absolute Gasteiger partial charge is 0.377 e.